The minimum absolute atomic E-state index is 0.0299. The van der Waals surface area contributed by atoms with Crippen LogP contribution in [0.25, 0.3) is 0 Å². The standard InChI is InChI=1S/C11H12O2/c1-9(12)5-6-10-3-2-4-11(13)8-7-10/h2,4-8,13H,3H2,1H3/b6-5+. The summed E-state index contributed by atoms with van der Waals surface area (Å²) in [6.07, 6.45) is 10.9. The van der Waals surface area contributed by atoms with E-state index < -0.39 is 0 Å². The van der Waals surface area contributed by atoms with Crippen LogP contribution in [0, 0.1) is 0 Å². The molecule has 2 nitrogen and oxygen atoms in total. The van der Waals surface area contributed by atoms with Gasteiger partial charge in [-0.2, -0.15) is 0 Å². The van der Waals surface area contributed by atoms with Crippen molar-refractivity contribution < 1.29 is 9.90 Å². The summed E-state index contributed by atoms with van der Waals surface area (Å²) in [5.41, 5.74) is 1.01. The molecule has 0 aromatic carbocycles. The summed E-state index contributed by atoms with van der Waals surface area (Å²) in [6, 6.07) is 0. The van der Waals surface area contributed by atoms with Crippen molar-refractivity contribution in [3.05, 3.63) is 47.8 Å². The molecule has 13 heavy (non-hydrogen) atoms. The molecule has 0 aromatic heterocycles. The van der Waals surface area contributed by atoms with Crippen molar-refractivity contribution in [2.45, 2.75) is 13.3 Å². The predicted octanol–water partition coefficient (Wildman–Crippen LogP) is 2.46. The number of aliphatic hydroxyl groups is 1. The van der Waals surface area contributed by atoms with Crippen LogP contribution < -0.4 is 0 Å². The third-order valence-corrected chi connectivity index (χ3v) is 1.64. The van der Waals surface area contributed by atoms with Crippen molar-refractivity contribution in [1.29, 1.82) is 0 Å². The summed E-state index contributed by atoms with van der Waals surface area (Å²) >= 11 is 0. The quantitative estimate of drug-likeness (QED) is 0.656. The molecule has 1 N–H and O–H groups in total. The predicted molar refractivity (Wildman–Crippen MR) is 52.4 cm³/mol. The Morgan fingerprint density at radius 1 is 1.54 bits per heavy atom. The van der Waals surface area contributed by atoms with E-state index >= 15 is 0 Å². The van der Waals surface area contributed by atoms with Crippen LogP contribution in [0.1, 0.15) is 13.3 Å². The summed E-state index contributed by atoms with van der Waals surface area (Å²) in [5.74, 6) is 0.272. The number of hydrogen-bond acceptors (Lipinski definition) is 2. The summed E-state index contributed by atoms with van der Waals surface area (Å²) < 4.78 is 0. The number of aliphatic hydroxyl groups excluding tert-OH is 1. The number of carbonyl (C=O) groups excluding carboxylic acids is 1. The van der Waals surface area contributed by atoms with Gasteiger partial charge in [0.25, 0.3) is 0 Å². The SMILES string of the molecule is CC(=O)/C=C/C1=CC=C(O)C=CC1. The first-order valence-corrected chi connectivity index (χ1v) is 4.13. The lowest BCUT2D eigenvalue weighted by molar-refractivity contribution is -0.112. The Hall–Kier alpha value is -1.57. The lowest BCUT2D eigenvalue weighted by Gasteiger charge is -1.92. The highest BCUT2D eigenvalue weighted by molar-refractivity contribution is 5.87. The van der Waals surface area contributed by atoms with Gasteiger partial charge in [-0.1, -0.05) is 18.2 Å². The van der Waals surface area contributed by atoms with Gasteiger partial charge in [-0.25, -0.2) is 0 Å². The maximum atomic E-state index is 10.6. The smallest absolute Gasteiger partial charge is 0.152 e. The van der Waals surface area contributed by atoms with Crippen LogP contribution in [0.3, 0.4) is 0 Å². The topological polar surface area (TPSA) is 37.3 Å². The maximum Gasteiger partial charge on any atom is 0.152 e. The van der Waals surface area contributed by atoms with Crippen molar-refractivity contribution in [3.63, 3.8) is 0 Å². The highest BCUT2D eigenvalue weighted by Gasteiger charge is 1.94. The molecular weight excluding hydrogens is 164 g/mol. The van der Waals surface area contributed by atoms with Crippen molar-refractivity contribution in [2.24, 2.45) is 0 Å². The molecule has 68 valence electrons. The highest BCUT2D eigenvalue weighted by atomic mass is 16.3. The lowest BCUT2D eigenvalue weighted by atomic mass is 10.1. The van der Waals surface area contributed by atoms with E-state index in [2.05, 4.69) is 0 Å². The molecule has 0 atom stereocenters. The molecule has 0 fully saturated rings. The Bertz CT molecular complexity index is 317. The summed E-state index contributed by atoms with van der Waals surface area (Å²) in [5, 5.41) is 9.12. The van der Waals surface area contributed by atoms with Crippen LogP contribution >= 0.6 is 0 Å². The van der Waals surface area contributed by atoms with Crippen LogP contribution in [-0.2, 0) is 4.79 Å². The molecule has 0 aromatic rings. The van der Waals surface area contributed by atoms with Gasteiger partial charge in [-0.05, 0) is 37.1 Å². The van der Waals surface area contributed by atoms with Gasteiger partial charge in [0, 0.05) is 0 Å². The Labute approximate surface area is 77.6 Å². The number of rotatable bonds is 2. The van der Waals surface area contributed by atoms with Gasteiger partial charge in [0.05, 0.1) is 0 Å². The van der Waals surface area contributed by atoms with Crippen LogP contribution in [-0.4, -0.2) is 10.9 Å². The molecule has 0 saturated carbocycles. The molecule has 0 aliphatic heterocycles. The zero-order chi connectivity index (χ0) is 9.68. The Kier molecular flexibility index (Phi) is 3.26. The summed E-state index contributed by atoms with van der Waals surface area (Å²) in [7, 11) is 0. The Morgan fingerprint density at radius 3 is 3.00 bits per heavy atom. The molecule has 0 radical (unpaired) electrons. The molecule has 1 aliphatic carbocycles. The van der Waals surface area contributed by atoms with Gasteiger partial charge >= 0.3 is 0 Å². The number of allylic oxidation sites excluding steroid dienone is 7. The molecular formula is C11H12O2. The van der Waals surface area contributed by atoms with Crippen molar-refractivity contribution in [1.82, 2.24) is 0 Å². The first-order valence-electron chi connectivity index (χ1n) is 4.13. The van der Waals surface area contributed by atoms with E-state index in [4.69, 9.17) is 5.11 Å². The third-order valence-electron chi connectivity index (χ3n) is 1.64. The van der Waals surface area contributed by atoms with Gasteiger partial charge in [0.15, 0.2) is 5.78 Å². The van der Waals surface area contributed by atoms with Gasteiger partial charge < -0.3 is 5.11 Å². The maximum absolute atomic E-state index is 10.6. The lowest BCUT2D eigenvalue weighted by Crippen LogP contribution is -1.81. The third kappa shape index (κ3) is 3.56. The summed E-state index contributed by atoms with van der Waals surface area (Å²) in [4.78, 5) is 10.6. The van der Waals surface area contributed by atoms with E-state index in [9.17, 15) is 4.79 Å². The normalized spacial score (nSPS) is 16.7. The molecule has 1 aliphatic rings. The number of ketones is 1. The van der Waals surface area contributed by atoms with Gasteiger partial charge in [-0.15, -0.1) is 0 Å². The minimum atomic E-state index is 0.0299. The number of carbonyl (C=O) groups is 1. The van der Waals surface area contributed by atoms with Crippen molar-refractivity contribution in [2.75, 3.05) is 0 Å². The van der Waals surface area contributed by atoms with E-state index in [0.717, 1.165) is 12.0 Å². The fourth-order valence-electron chi connectivity index (χ4n) is 0.980. The zero-order valence-electron chi connectivity index (χ0n) is 7.53. The molecule has 0 saturated heterocycles. The fraction of sp³-hybridized carbons (Fsp3) is 0.182. The van der Waals surface area contributed by atoms with Gasteiger partial charge in [-0.3, -0.25) is 4.79 Å². The molecule has 0 amide bonds. The highest BCUT2D eigenvalue weighted by Crippen LogP contribution is 2.10. The molecule has 0 bridgehead atoms. The Morgan fingerprint density at radius 2 is 2.31 bits per heavy atom. The van der Waals surface area contributed by atoms with Crippen LogP contribution in [0.4, 0.5) is 0 Å². The van der Waals surface area contributed by atoms with E-state index in [-0.39, 0.29) is 11.5 Å². The first-order chi connectivity index (χ1) is 6.18. The van der Waals surface area contributed by atoms with Crippen molar-refractivity contribution in [3.8, 4) is 0 Å². The second-order valence-electron chi connectivity index (χ2n) is 2.88. The first kappa shape index (κ1) is 9.52. The average Bonchev–Trinajstić information content (AvgIpc) is 2.27. The molecule has 0 heterocycles. The molecule has 0 unspecified atom stereocenters. The zero-order valence-corrected chi connectivity index (χ0v) is 7.53. The van der Waals surface area contributed by atoms with Crippen LogP contribution in [0.2, 0.25) is 0 Å². The van der Waals surface area contributed by atoms with E-state index in [1.165, 1.54) is 13.0 Å². The van der Waals surface area contributed by atoms with Crippen LogP contribution in [0.15, 0.2) is 47.8 Å². The van der Waals surface area contributed by atoms with Crippen molar-refractivity contribution >= 4 is 5.78 Å². The minimum Gasteiger partial charge on any atom is -0.508 e. The van der Waals surface area contributed by atoms with Gasteiger partial charge in [0.1, 0.15) is 5.76 Å². The van der Waals surface area contributed by atoms with Crippen LogP contribution in [0.5, 0.6) is 0 Å². The van der Waals surface area contributed by atoms with Gasteiger partial charge in [0.2, 0.25) is 0 Å². The Balaban J connectivity index is 2.72. The molecule has 0 spiro atoms. The largest absolute Gasteiger partial charge is 0.508 e. The second kappa shape index (κ2) is 4.45. The fourth-order valence-corrected chi connectivity index (χ4v) is 0.980. The monoisotopic (exact) mass is 176 g/mol. The molecule has 2 heteroatoms. The second-order valence-corrected chi connectivity index (χ2v) is 2.88. The molecule has 1 rings (SSSR count). The van der Waals surface area contributed by atoms with E-state index in [0.29, 0.717) is 0 Å². The average molecular weight is 176 g/mol. The summed E-state index contributed by atoms with van der Waals surface area (Å²) in [6.45, 7) is 1.51. The van der Waals surface area contributed by atoms with E-state index in [1.54, 1.807) is 24.3 Å². The van der Waals surface area contributed by atoms with E-state index in [1.807, 2.05) is 6.08 Å². The number of hydrogen-bond donors (Lipinski definition) is 1.